The van der Waals surface area contributed by atoms with Crippen LogP contribution in [0.2, 0.25) is 0 Å². The normalized spacial score (nSPS) is 12.8. The van der Waals surface area contributed by atoms with E-state index in [1.165, 1.54) is 98.0 Å². The Morgan fingerprint density at radius 2 is 0.833 bits per heavy atom. The van der Waals surface area contributed by atoms with Gasteiger partial charge in [-0.05, 0) is 139 Å². The first kappa shape index (κ1) is 29.0. The Hall–Kier alpha value is -5.20. The van der Waals surface area contributed by atoms with Crippen molar-refractivity contribution >= 4 is 64.6 Å². The summed E-state index contributed by atoms with van der Waals surface area (Å²) < 4.78 is 0. The first-order valence-electron chi connectivity index (χ1n) is 17.3. The summed E-state index contributed by atoms with van der Waals surface area (Å²) in [5.74, 6) is 0. The van der Waals surface area contributed by atoms with Crippen molar-refractivity contribution in [3.63, 3.8) is 0 Å². The van der Waals surface area contributed by atoms with Crippen molar-refractivity contribution < 1.29 is 0 Å². The van der Waals surface area contributed by atoms with Crippen LogP contribution in [-0.4, -0.2) is 0 Å². The lowest BCUT2D eigenvalue weighted by molar-refractivity contribution is 0.591. The topological polar surface area (TPSA) is 0 Å². The van der Waals surface area contributed by atoms with E-state index in [0.717, 1.165) is 0 Å². The van der Waals surface area contributed by atoms with Crippen LogP contribution in [0.15, 0.2) is 133 Å². The Balaban J connectivity index is 1.51. The minimum absolute atomic E-state index is 0.0206. The highest BCUT2D eigenvalue weighted by Gasteiger charge is 2.23. The molecule has 0 aliphatic heterocycles. The zero-order valence-electron chi connectivity index (χ0n) is 28.7. The molecule has 0 heteroatoms. The molecule has 0 bridgehead atoms. The third kappa shape index (κ3) is 4.50. The maximum Gasteiger partial charge on any atom is -0.000785 e. The molecule has 9 aromatic rings. The number of rotatable bonds is 2. The minimum Gasteiger partial charge on any atom is -0.0616 e. The Bertz CT molecular complexity index is 2710. The molecule has 232 valence electrons. The van der Waals surface area contributed by atoms with Crippen molar-refractivity contribution in [2.75, 3.05) is 0 Å². The van der Waals surface area contributed by atoms with Crippen molar-refractivity contribution in [3.05, 3.63) is 145 Å². The van der Waals surface area contributed by atoms with Gasteiger partial charge in [0.25, 0.3) is 0 Å². The summed E-state index contributed by atoms with van der Waals surface area (Å²) in [5.41, 5.74) is 7.92. The first-order chi connectivity index (χ1) is 23.0. The van der Waals surface area contributed by atoms with Crippen molar-refractivity contribution in [3.8, 4) is 22.3 Å². The Morgan fingerprint density at radius 3 is 1.42 bits per heavy atom. The van der Waals surface area contributed by atoms with Crippen LogP contribution in [0, 0.1) is 0 Å². The van der Waals surface area contributed by atoms with E-state index in [-0.39, 0.29) is 10.8 Å². The fourth-order valence-corrected chi connectivity index (χ4v) is 7.90. The fourth-order valence-electron chi connectivity index (χ4n) is 7.90. The summed E-state index contributed by atoms with van der Waals surface area (Å²) in [6.45, 7) is 13.9. The van der Waals surface area contributed by atoms with Crippen LogP contribution < -0.4 is 0 Å². The van der Waals surface area contributed by atoms with Gasteiger partial charge in [0.15, 0.2) is 0 Å². The Morgan fingerprint density at radius 1 is 0.312 bits per heavy atom. The number of hydrogen-bond acceptors (Lipinski definition) is 0. The van der Waals surface area contributed by atoms with Gasteiger partial charge in [-0.2, -0.15) is 0 Å². The molecule has 0 aliphatic rings. The van der Waals surface area contributed by atoms with E-state index in [0.29, 0.717) is 0 Å². The van der Waals surface area contributed by atoms with Gasteiger partial charge in [-0.3, -0.25) is 0 Å². The number of benzene rings is 9. The largest absolute Gasteiger partial charge is 0.0616 e. The van der Waals surface area contributed by atoms with Gasteiger partial charge in [-0.1, -0.05) is 145 Å². The summed E-state index contributed by atoms with van der Waals surface area (Å²) in [6.07, 6.45) is 0. The summed E-state index contributed by atoms with van der Waals surface area (Å²) >= 11 is 0. The van der Waals surface area contributed by atoms with E-state index in [4.69, 9.17) is 0 Å². The summed E-state index contributed by atoms with van der Waals surface area (Å²) in [5, 5.41) is 15.7. The van der Waals surface area contributed by atoms with Crippen molar-refractivity contribution in [2.45, 2.75) is 52.4 Å². The third-order valence-corrected chi connectivity index (χ3v) is 10.6. The second-order valence-electron chi connectivity index (χ2n) is 15.9. The van der Waals surface area contributed by atoms with Gasteiger partial charge in [0, 0.05) is 0 Å². The predicted molar refractivity (Wildman–Crippen MR) is 211 cm³/mol. The number of fused-ring (bicyclic) bond motifs is 4. The molecule has 48 heavy (non-hydrogen) atoms. The van der Waals surface area contributed by atoms with E-state index >= 15 is 0 Å². The second kappa shape index (κ2) is 10.1. The highest BCUT2D eigenvalue weighted by molar-refractivity contribution is 6.35. The molecule has 0 aromatic heterocycles. The van der Waals surface area contributed by atoms with Gasteiger partial charge < -0.3 is 0 Å². The minimum atomic E-state index is 0.0206. The standard InChI is InChI=1S/C48H40/c1-47(2,3)38-19-20-40-35(23-38)26-43-41(33-17-15-29-11-7-9-13-31(29)21-33)27-36-24-39(48(4,5)6)25-37-28-42(45(40)46(43)44(36)37)34-18-16-30-12-8-10-14-32(30)22-34/h7-28H,1-6H3. The zero-order chi connectivity index (χ0) is 32.9. The van der Waals surface area contributed by atoms with Gasteiger partial charge in [0.1, 0.15) is 0 Å². The molecule has 0 nitrogen and oxygen atoms in total. The number of hydrogen-bond donors (Lipinski definition) is 0. The van der Waals surface area contributed by atoms with Crippen LogP contribution in [0.25, 0.3) is 86.9 Å². The molecule has 0 aliphatic carbocycles. The molecule has 0 fully saturated rings. The molecule has 0 amide bonds. The average molecular weight is 617 g/mol. The van der Waals surface area contributed by atoms with Crippen LogP contribution in [0.4, 0.5) is 0 Å². The highest BCUT2D eigenvalue weighted by Crippen LogP contribution is 2.49. The quantitative estimate of drug-likeness (QED) is 0.134. The summed E-state index contributed by atoms with van der Waals surface area (Å²) in [7, 11) is 0. The average Bonchev–Trinajstić information content (AvgIpc) is 3.08. The fraction of sp³-hybridized carbons (Fsp3) is 0.167. The van der Waals surface area contributed by atoms with Crippen LogP contribution in [0.1, 0.15) is 52.7 Å². The molecule has 0 N–H and O–H groups in total. The SMILES string of the molecule is CC(C)(C)c1ccc2c(c1)cc1c(-c3ccc4ccccc4c3)cc3cc(C(C)(C)C)cc4cc(-c5ccc6ccccc6c5)c2c1c34. The molecule has 0 unspecified atom stereocenters. The van der Waals surface area contributed by atoms with Gasteiger partial charge in [-0.15, -0.1) is 0 Å². The zero-order valence-corrected chi connectivity index (χ0v) is 28.7. The van der Waals surface area contributed by atoms with Gasteiger partial charge in [0.05, 0.1) is 0 Å². The van der Waals surface area contributed by atoms with E-state index in [2.05, 4.69) is 175 Å². The van der Waals surface area contributed by atoms with E-state index in [9.17, 15) is 0 Å². The van der Waals surface area contributed by atoms with E-state index in [1.807, 2.05) is 0 Å². The molecule has 9 aromatic carbocycles. The molecular weight excluding hydrogens is 577 g/mol. The van der Waals surface area contributed by atoms with Crippen LogP contribution in [-0.2, 0) is 10.8 Å². The van der Waals surface area contributed by atoms with E-state index in [1.54, 1.807) is 0 Å². The summed E-state index contributed by atoms with van der Waals surface area (Å²) in [4.78, 5) is 0. The summed E-state index contributed by atoms with van der Waals surface area (Å²) in [6, 6.07) is 50.9. The molecule has 0 heterocycles. The smallest absolute Gasteiger partial charge is 0.000785 e. The Labute approximate surface area is 283 Å². The van der Waals surface area contributed by atoms with Gasteiger partial charge >= 0.3 is 0 Å². The molecule has 0 saturated carbocycles. The van der Waals surface area contributed by atoms with Crippen LogP contribution >= 0.6 is 0 Å². The monoisotopic (exact) mass is 616 g/mol. The maximum atomic E-state index is 2.48. The molecule has 0 spiro atoms. The molecular formula is C48H40. The molecule has 0 radical (unpaired) electrons. The second-order valence-corrected chi connectivity index (χ2v) is 15.9. The lowest BCUT2D eigenvalue weighted by Gasteiger charge is -2.25. The van der Waals surface area contributed by atoms with Crippen LogP contribution in [0.3, 0.4) is 0 Å². The Kier molecular flexibility index (Phi) is 6.13. The maximum absolute atomic E-state index is 2.48. The lowest BCUT2D eigenvalue weighted by Crippen LogP contribution is -2.11. The highest BCUT2D eigenvalue weighted by atomic mass is 14.3. The van der Waals surface area contributed by atoms with Gasteiger partial charge in [-0.25, -0.2) is 0 Å². The van der Waals surface area contributed by atoms with Crippen molar-refractivity contribution in [2.24, 2.45) is 0 Å². The molecule has 0 saturated heterocycles. The first-order valence-corrected chi connectivity index (χ1v) is 17.3. The lowest BCUT2D eigenvalue weighted by atomic mass is 9.79. The van der Waals surface area contributed by atoms with Crippen molar-refractivity contribution in [1.82, 2.24) is 0 Å². The van der Waals surface area contributed by atoms with E-state index < -0.39 is 0 Å². The van der Waals surface area contributed by atoms with Crippen LogP contribution in [0.5, 0.6) is 0 Å². The molecule has 0 atom stereocenters. The third-order valence-electron chi connectivity index (χ3n) is 10.6. The molecule has 9 rings (SSSR count). The van der Waals surface area contributed by atoms with Gasteiger partial charge in [0.2, 0.25) is 0 Å². The van der Waals surface area contributed by atoms with Crippen molar-refractivity contribution in [1.29, 1.82) is 0 Å². The predicted octanol–water partition coefficient (Wildman–Crippen LogP) is 14.0.